The monoisotopic (exact) mass is 471 g/mol. The molecule has 1 saturated carbocycles. The first-order valence-corrected chi connectivity index (χ1v) is 11.3. The largest absolute Gasteiger partial charge is 0.364 e. The summed E-state index contributed by atoms with van der Waals surface area (Å²) >= 11 is 0. The zero-order valence-corrected chi connectivity index (χ0v) is 18.9. The van der Waals surface area contributed by atoms with E-state index in [1.54, 1.807) is 29.5 Å². The predicted octanol–water partition coefficient (Wildman–Crippen LogP) is 2.04. The molecule has 35 heavy (non-hydrogen) atoms. The van der Waals surface area contributed by atoms with E-state index in [0.717, 1.165) is 31.2 Å². The molecule has 12 nitrogen and oxygen atoms in total. The minimum atomic E-state index is -0.694. The topological polar surface area (TPSA) is 175 Å². The van der Waals surface area contributed by atoms with Crippen LogP contribution >= 0.6 is 0 Å². The number of nitrogens with two attached hydrogens (primary N) is 2. The Kier molecular flexibility index (Phi) is 6.26. The molecule has 3 heterocycles. The van der Waals surface area contributed by atoms with E-state index < -0.39 is 5.91 Å². The summed E-state index contributed by atoms with van der Waals surface area (Å²) in [6.07, 6.45) is 12.0. The molecule has 1 amide bonds. The van der Waals surface area contributed by atoms with Crippen LogP contribution in [0.15, 0.2) is 55.5 Å². The van der Waals surface area contributed by atoms with Crippen molar-refractivity contribution >= 4 is 23.2 Å². The third kappa shape index (κ3) is 5.06. The number of nitrogens with one attached hydrogen (secondary N) is 2. The maximum absolute atomic E-state index is 12.1. The highest BCUT2D eigenvalue weighted by Crippen LogP contribution is 2.28. The van der Waals surface area contributed by atoms with Crippen LogP contribution in [0, 0.1) is 0 Å². The Bertz CT molecular complexity index is 1310. The normalized spacial score (nSPS) is 17.6. The number of benzene rings is 1. The van der Waals surface area contributed by atoms with E-state index in [-0.39, 0.29) is 23.6 Å². The van der Waals surface area contributed by atoms with Gasteiger partial charge in [0.15, 0.2) is 17.3 Å². The fourth-order valence-electron chi connectivity index (χ4n) is 4.13. The lowest BCUT2D eigenvalue weighted by molar-refractivity contribution is 0.0996. The van der Waals surface area contributed by atoms with Gasteiger partial charge < -0.3 is 22.1 Å². The molecule has 1 aromatic carbocycles. The molecule has 0 saturated heterocycles. The lowest BCUT2D eigenvalue weighted by Crippen LogP contribution is -2.42. The van der Waals surface area contributed by atoms with Crippen LogP contribution in [0.3, 0.4) is 0 Å². The van der Waals surface area contributed by atoms with Crippen LogP contribution in [0.4, 0.5) is 17.3 Å². The molecule has 1 aliphatic rings. The van der Waals surface area contributed by atoms with E-state index in [4.69, 9.17) is 11.5 Å². The lowest BCUT2D eigenvalue weighted by atomic mass is 9.91. The zero-order valence-electron chi connectivity index (χ0n) is 18.9. The van der Waals surface area contributed by atoms with Gasteiger partial charge in [-0.3, -0.25) is 4.79 Å². The Balaban J connectivity index is 1.51. The molecule has 4 aromatic rings. The molecule has 0 bridgehead atoms. The van der Waals surface area contributed by atoms with Crippen LogP contribution in [-0.4, -0.2) is 52.7 Å². The summed E-state index contributed by atoms with van der Waals surface area (Å²) in [6.45, 7) is 0. The molecule has 1 aliphatic carbocycles. The van der Waals surface area contributed by atoms with Gasteiger partial charge in [0.1, 0.15) is 18.5 Å². The Labute approximate surface area is 201 Å². The molecule has 2 atom stereocenters. The first-order chi connectivity index (χ1) is 17.1. The number of primary amides is 1. The second-order valence-corrected chi connectivity index (χ2v) is 8.32. The van der Waals surface area contributed by atoms with Crippen molar-refractivity contribution in [1.82, 2.24) is 34.7 Å². The minimum Gasteiger partial charge on any atom is -0.364 e. The molecule has 6 N–H and O–H groups in total. The summed E-state index contributed by atoms with van der Waals surface area (Å²) in [4.78, 5) is 33.7. The highest BCUT2D eigenvalue weighted by atomic mass is 16.1. The number of rotatable bonds is 7. The highest BCUT2D eigenvalue weighted by molar-refractivity contribution is 5.96. The maximum atomic E-state index is 12.1. The molecule has 0 radical (unpaired) electrons. The molecule has 3 aromatic heterocycles. The van der Waals surface area contributed by atoms with Crippen molar-refractivity contribution in [2.24, 2.45) is 11.5 Å². The maximum Gasteiger partial charge on any atom is 0.271 e. The number of carbonyl (C=O) groups is 1. The molecule has 178 valence electrons. The van der Waals surface area contributed by atoms with Crippen molar-refractivity contribution in [3.05, 3.63) is 61.2 Å². The smallest absolute Gasteiger partial charge is 0.271 e. The summed E-state index contributed by atoms with van der Waals surface area (Å²) in [6, 6.07) is 7.44. The SMILES string of the molecule is NC(=O)c1ncc(N[C@@H]2CCCC[C@@H]2N)nc1Nc1cc(-c2ncccn2)cc(-n2cncn2)c1. The van der Waals surface area contributed by atoms with E-state index in [1.807, 2.05) is 18.2 Å². The minimum absolute atomic E-state index is 0.0205. The van der Waals surface area contributed by atoms with Crippen LogP contribution in [0.5, 0.6) is 0 Å². The van der Waals surface area contributed by atoms with Gasteiger partial charge in [0.25, 0.3) is 5.91 Å². The van der Waals surface area contributed by atoms with Gasteiger partial charge in [-0.05, 0) is 37.1 Å². The number of hydrogen-bond acceptors (Lipinski definition) is 10. The molecular formula is C23H25N11O. The van der Waals surface area contributed by atoms with Crippen molar-refractivity contribution in [1.29, 1.82) is 0 Å². The Hall–Kier alpha value is -4.45. The van der Waals surface area contributed by atoms with Gasteiger partial charge in [0.05, 0.1) is 11.9 Å². The lowest BCUT2D eigenvalue weighted by Gasteiger charge is -2.29. The van der Waals surface area contributed by atoms with Crippen molar-refractivity contribution in [2.45, 2.75) is 37.8 Å². The van der Waals surface area contributed by atoms with Gasteiger partial charge in [-0.2, -0.15) is 5.10 Å². The predicted molar refractivity (Wildman–Crippen MR) is 130 cm³/mol. The number of hydrogen-bond donors (Lipinski definition) is 4. The van der Waals surface area contributed by atoms with E-state index in [0.29, 0.717) is 23.0 Å². The van der Waals surface area contributed by atoms with E-state index in [2.05, 4.69) is 40.7 Å². The second kappa shape index (κ2) is 9.81. The van der Waals surface area contributed by atoms with E-state index in [1.165, 1.54) is 12.5 Å². The quantitative estimate of drug-likeness (QED) is 0.312. The van der Waals surface area contributed by atoms with Gasteiger partial charge >= 0.3 is 0 Å². The Morgan fingerprint density at radius 2 is 1.91 bits per heavy atom. The standard InChI is InChI=1S/C23H25N11O/c24-17-4-1-2-5-18(17)32-19-11-29-20(21(25)35)23(33-19)31-15-8-14(22-27-6-3-7-28-22)9-16(10-15)34-13-26-12-30-34/h3,6-13,17-18H,1-2,4-5,24H2,(H2,25,35)(H2,31,32,33)/t17-,18+/m0/s1. The van der Waals surface area contributed by atoms with Crippen LogP contribution < -0.4 is 22.1 Å². The highest BCUT2D eigenvalue weighted by Gasteiger charge is 2.23. The fourth-order valence-corrected chi connectivity index (χ4v) is 4.13. The number of carbonyl (C=O) groups excluding carboxylic acids is 1. The van der Waals surface area contributed by atoms with Crippen molar-refractivity contribution in [3.63, 3.8) is 0 Å². The molecule has 1 fully saturated rings. The average Bonchev–Trinajstić information content (AvgIpc) is 3.41. The van der Waals surface area contributed by atoms with E-state index >= 15 is 0 Å². The average molecular weight is 472 g/mol. The first kappa shape index (κ1) is 22.3. The fraction of sp³-hybridized carbons (Fsp3) is 0.261. The summed E-state index contributed by atoms with van der Waals surface area (Å²) in [5, 5.41) is 10.8. The van der Waals surface area contributed by atoms with Gasteiger partial charge in [-0.1, -0.05) is 12.8 Å². The molecule has 5 rings (SSSR count). The van der Waals surface area contributed by atoms with Crippen LogP contribution in [0.25, 0.3) is 17.1 Å². The number of aromatic nitrogens is 7. The van der Waals surface area contributed by atoms with Gasteiger partial charge in [0.2, 0.25) is 0 Å². The van der Waals surface area contributed by atoms with Crippen LogP contribution in [0.2, 0.25) is 0 Å². The molecule has 0 aliphatic heterocycles. The third-order valence-electron chi connectivity index (χ3n) is 5.85. The van der Waals surface area contributed by atoms with Crippen molar-refractivity contribution in [2.75, 3.05) is 10.6 Å². The van der Waals surface area contributed by atoms with Gasteiger partial charge in [-0.15, -0.1) is 0 Å². The van der Waals surface area contributed by atoms with Crippen LogP contribution in [-0.2, 0) is 0 Å². The molecular weight excluding hydrogens is 446 g/mol. The van der Waals surface area contributed by atoms with Crippen molar-refractivity contribution in [3.8, 4) is 17.1 Å². The van der Waals surface area contributed by atoms with Gasteiger partial charge in [0, 0.05) is 35.7 Å². The number of amides is 1. The van der Waals surface area contributed by atoms with E-state index in [9.17, 15) is 4.79 Å². The summed E-state index contributed by atoms with van der Waals surface area (Å²) in [5.41, 5.74) is 13.9. The summed E-state index contributed by atoms with van der Waals surface area (Å²) in [7, 11) is 0. The zero-order chi connectivity index (χ0) is 24.2. The second-order valence-electron chi connectivity index (χ2n) is 8.32. The number of anilines is 3. The summed E-state index contributed by atoms with van der Waals surface area (Å²) in [5.74, 6) is 0.571. The number of nitrogens with zero attached hydrogens (tertiary/aromatic N) is 7. The third-order valence-corrected chi connectivity index (χ3v) is 5.85. The summed E-state index contributed by atoms with van der Waals surface area (Å²) < 4.78 is 1.61. The van der Waals surface area contributed by atoms with Crippen LogP contribution in [0.1, 0.15) is 36.2 Å². The molecule has 12 heteroatoms. The van der Waals surface area contributed by atoms with Crippen molar-refractivity contribution < 1.29 is 4.79 Å². The molecule has 0 unspecified atom stereocenters. The first-order valence-electron chi connectivity index (χ1n) is 11.3. The Morgan fingerprint density at radius 3 is 2.66 bits per heavy atom. The molecule has 0 spiro atoms. The Morgan fingerprint density at radius 1 is 1.09 bits per heavy atom. The van der Waals surface area contributed by atoms with Gasteiger partial charge in [-0.25, -0.2) is 29.6 Å².